The van der Waals surface area contributed by atoms with Crippen molar-refractivity contribution in [3.05, 3.63) is 40.8 Å². The number of rotatable bonds is 1. The van der Waals surface area contributed by atoms with Gasteiger partial charge in [0, 0.05) is 7.05 Å². The van der Waals surface area contributed by atoms with Crippen LogP contribution in [0.5, 0.6) is 5.75 Å². The molecule has 0 bridgehead atoms. The molecule has 1 heterocycles. The largest absolute Gasteiger partial charge is 0.422 e. The maximum Gasteiger partial charge on any atom is 0.412 e. The highest BCUT2D eigenvalue weighted by molar-refractivity contribution is 5.85. The predicted molar refractivity (Wildman–Crippen MR) is 57.6 cm³/mol. The number of amides is 1. The average molecular weight is 219 g/mol. The van der Waals surface area contributed by atoms with Crippen LogP contribution in [-0.2, 0) is 0 Å². The van der Waals surface area contributed by atoms with Gasteiger partial charge in [-0.15, -0.1) is 0 Å². The van der Waals surface area contributed by atoms with Crippen molar-refractivity contribution in [2.24, 2.45) is 0 Å². The summed E-state index contributed by atoms with van der Waals surface area (Å²) in [5.74, 6) is 0.186. The summed E-state index contributed by atoms with van der Waals surface area (Å²) in [6.07, 6.45) is -0.629. The first kappa shape index (κ1) is 10.2. The van der Waals surface area contributed by atoms with Crippen LogP contribution in [0.4, 0.5) is 4.79 Å². The van der Waals surface area contributed by atoms with E-state index >= 15 is 0 Å². The molecular formula is C11H9NO4. The normalized spacial score (nSPS) is 10.1. The molecule has 0 fully saturated rings. The number of hydrogen-bond acceptors (Lipinski definition) is 4. The number of para-hydroxylation sites is 1. The van der Waals surface area contributed by atoms with Gasteiger partial charge in [0.25, 0.3) is 0 Å². The van der Waals surface area contributed by atoms with Crippen LogP contribution in [0.15, 0.2) is 39.5 Å². The zero-order valence-electron chi connectivity index (χ0n) is 8.52. The smallest absolute Gasteiger partial charge is 0.412 e. The van der Waals surface area contributed by atoms with Gasteiger partial charge in [0.2, 0.25) is 0 Å². The summed E-state index contributed by atoms with van der Waals surface area (Å²) < 4.78 is 9.90. The van der Waals surface area contributed by atoms with E-state index < -0.39 is 11.7 Å². The van der Waals surface area contributed by atoms with Crippen molar-refractivity contribution in [2.45, 2.75) is 0 Å². The molecule has 0 spiro atoms. The van der Waals surface area contributed by atoms with Crippen molar-refractivity contribution in [1.82, 2.24) is 5.32 Å². The molecule has 1 N–H and O–H groups in total. The highest BCUT2D eigenvalue weighted by atomic mass is 16.6. The fourth-order valence-electron chi connectivity index (χ4n) is 1.32. The fraction of sp³-hybridized carbons (Fsp3) is 0.0909. The summed E-state index contributed by atoms with van der Waals surface area (Å²) in [5.41, 5.74) is -0.175. The molecule has 1 aromatic carbocycles. The third-order valence-corrected chi connectivity index (χ3v) is 2.02. The summed E-state index contributed by atoms with van der Waals surface area (Å²) in [7, 11) is 1.44. The first-order valence-electron chi connectivity index (χ1n) is 4.63. The molecule has 2 aromatic rings. The molecule has 0 saturated carbocycles. The van der Waals surface area contributed by atoms with Gasteiger partial charge in [0.1, 0.15) is 5.58 Å². The number of hydrogen-bond donors (Lipinski definition) is 1. The van der Waals surface area contributed by atoms with Crippen LogP contribution in [0.1, 0.15) is 0 Å². The summed E-state index contributed by atoms with van der Waals surface area (Å²) in [4.78, 5) is 22.3. The summed E-state index contributed by atoms with van der Waals surface area (Å²) in [6.45, 7) is 0. The standard InChI is InChI=1S/C11H9NO4/c1-12-11(14)16-9-6-10(13)15-8-5-3-2-4-7(8)9/h2-6H,1H3,(H,12,14). The van der Waals surface area contributed by atoms with Gasteiger partial charge in [-0.3, -0.25) is 0 Å². The average Bonchev–Trinajstić information content (AvgIpc) is 2.28. The second-order valence-electron chi connectivity index (χ2n) is 3.07. The zero-order chi connectivity index (χ0) is 11.5. The van der Waals surface area contributed by atoms with Crippen molar-refractivity contribution in [3.8, 4) is 5.75 Å². The topological polar surface area (TPSA) is 68.5 Å². The van der Waals surface area contributed by atoms with E-state index in [0.29, 0.717) is 11.0 Å². The Hall–Kier alpha value is -2.30. The van der Waals surface area contributed by atoms with Crippen LogP contribution in [-0.4, -0.2) is 13.1 Å². The van der Waals surface area contributed by atoms with Crippen LogP contribution < -0.4 is 15.7 Å². The molecule has 1 amide bonds. The third kappa shape index (κ3) is 1.88. The van der Waals surface area contributed by atoms with E-state index in [-0.39, 0.29) is 5.75 Å². The Labute approximate surface area is 90.6 Å². The highest BCUT2D eigenvalue weighted by Gasteiger charge is 2.09. The number of nitrogens with one attached hydrogen (secondary N) is 1. The lowest BCUT2D eigenvalue weighted by Gasteiger charge is -2.05. The molecule has 0 aliphatic carbocycles. The number of benzene rings is 1. The molecular weight excluding hydrogens is 210 g/mol. The Morgan fingerprint density at radius 3 is 2.88 bits per heavy atom. The van der Waals surface area contributed by atoms with E-state index in [1.807, 2.05) is 0 Å². The summed E-state index contributed by atoms with van der Waals surface area (Å²) in [5, 5.41) is 2.88. The van der Waals surface area contributed by atoms with Crippen molar-refractivity contribution in [3.63, 3.8) is 0 Å². The SMILES string of the molecule is CNC(=O)Oc1cc(=O)oc2ccccc12. The number of fused-ring (bicyclic) bond motifs is 1. The van der Waals surface area contributed by atoms with E-state index in [9.17, 15) is 9.59 Å². The van der Waals surface area contributed by atoms with E-state index in [2.05, 4.69) is 5.32 Å². The lowest BCUT2D eigenvalue weighted by molar-refractivity contribution is 0.203. The quantitative estimate of drug-likeness (QED) is 0.738. The first-order chi connectivity index (χ1) is 7.70. The van der Waals surface area contributed by atoms with Gasteiger partial charge in [-0.2, -0.15) is 0 Å². The molecule has 0 unspecified atom stereocenters. The second-order valence-corrected chi connectivity index (χ2v) is 3.07. The maximum absolute atomic E-state index is 11.2. The molecule has 0 saturated heterocycles. The molecule has 0 aliphatic rings. The zero-order valence-corrected chi connectivity index (χ0v) is 8.52. The Balaban J connectivity index is 2.59. The Morgan fingerprint density at radius 2 is 2.12 bits per heavy atom. The van der Waals surface area contributed by atoms with Gasteiger partial charge in [-0.25, -0.2) is 9.59 Å². The van der Waals surface area contributed by atoms with E-state index in [1.54, 1.807) is 24.3 Å². The van der Waals surface area contributed by atoms with Crippen molar-refractivity contribution in [1.29, 1.82) is 0 Å². The van der Waals surface area contributed by atoms with E-state index in [1.165, 1.54) is 7.05 Å². The molecule has 82 valence electrons. The first-order valence-corrected chi connectivity index (χ1v) is 4.63. The van der Waals surface area contributed by atoms with Gasteiger partial charge in [0.15, 0.2) is 5.75 Å². The Kier molecular flexibility index (Phi) is 2.59. The lowest BCUT2D eigenvalue weighted by Crippen LogP contribution is -2.22. The van der Waals surface area contributed by atoms with Gasteiger partial charge >= 0.3 is 11.7 Å². The molecule has 5 nitrogen and oxygen atoms in total. The Bertz CT molecular complexity index is 588. The van der Waals surface area contributed by atoms with Gasteiger partial charge in [0.05, 0.1) is 11.5 Å². The lowest BCUT2D eigenvalue weighted by atomic mass is 10.2. The van der Waals surface area contributed by atoms with Crippen LogP contribution >= 0.6 is 0 Å². The second kappa shape index (κ2) is 4.06. The van der Waals surface area contributed by atoms with Crippen molar-refractivity contribution >= 4 is 17.1 Å². The van der Waals surface area contributed by atoms with Gasteiger partial charge < -0.3 is 14.5 Å². The van der Waals surface area contributed by atoms with E-state index in [0.717, 1.165) is 6.07 Å². The van der Waals surface area contributed by atoms with Crippen molar-refractivity contribution < 1.29 is 13.9 Å². The molecule has 0 aliphatic heterocycles. The summed E-state index contributed by atoms with van der Waals surface area (Å²) in [6, 6.07) is 7.97. The minimum atomic E-state index is -0.629. The molecule has 2 rings (SSSR count). The van der Waals surface area contributed by atoms with E-state index in [4.69, 9.17) is 9.15 Å². The fourth-order valence-corrected chi connectivity index (χ4v) is 1.32. The molecule has 1 aromatic heterocycles. The monoisotopic (exact) mass is 219 g/mol. The van der Waals surface area contributed by atoms with Crippen LogP contribution in [0.25, 0.3) is 11.0 Å². The van der Waals surface area contributed by atoms with Gasteiger partial charge in [-0.1, -0.05) is 12.1 Å². The number of carbonyl (C=O) groups excluding carboxylic acids is 1. The third-order valence-electron chi connectivity index (χ3n) is 2.02. The van der Waals surface area contributed by atoms with Crippen LogP contribution in [0.2, 0.25) is 0 Å². The van der Waals surface area contributed by atoms with Gasteiger partial charge in [-0.05, 0) is 12.1 Å². The number of ether oxygens (including phenoxy) is 1. The minimum Gasteiger partial charge on any atom is -0.422 e. The molecule has 16 heavy (non-hydrogen) atoms. The predicted octanol–water partition coefficient (Wildman–Crippen LogP) is 1.51. The summed E-state index contributed by atoms with van der Waals surface area (Å²) >= 11 is 0. The van der Waals surface area contributed by atoms with Crippen LogP contribution in [0.3, 0.4) is 0 Å². The number of carbonyl (C=O) groups is 1. The highest BCUT2D eigenvalue weighted by Crippen LogP contribution is 2.23. The maximum atomic E-state index is 11.2. The molecule has 5 heteroatoms. The van der Waals surface area contributed by atoms with Crippen molar-refractivity contribution in [2.75, 3.05) is 7.05 Å². The Morgan fingerprint density at radius 1 is 1.38 bits per heavy atom. The minimum absolute atomic E-state index is 0.186. The molecule has 0 radical (unpaired) electrons. The molecule has 0 atom stereocenters. The van der Waals surface area contributed by atoms with Crippen LogP contribution in [0, 0.1) is 0 Å².